The fourth-order valence-corrected chi connectivity index (χ4v) is 16.1. The minimum Gasteiger partial charge on any atom is -0.309 e. The maximum Gasteiger partial charge on any atom is 0.416 e. The third kappa shape index (κ3) is 10.8. The molecule has 0 saturated heterocycles. The highest BCUT2D eigenvalue weighted by Gasteiger charge is 2.37. The molecule has 0 spiro atoms. The van der Waals surface area contributed by atoms with E-state index in [0.717, 1.165) is 145 Å². The van der Waals surface area contributed by atoms with Crippen LogP contribution in [0.2, 0.25) is 0 Å². The third-order valence-corrected chi connectivity index (χ3v) is 21.2. The zero-order valence-corrected chi connectivity index (χ0v) is 57.4. The van der Waals surface area contributed by atoms with E-state index >= 15 is 0 Å². The Morgan fingerprint density at radius 2 is 0.472 bits per heavy atom. The molecule has 0 radical (unpaired) electrons. The molecule has 0 fully saturated rings. The van der Waals surface area contributed by atoms with E-state index in [4.69, 9.17) is 9.97 Å². The second kappa shape index (κ2) is 24.9. The van der Waals surface area contributed by atoms with E-state index in [9.17, 15) is 26.3 Å². The first kappa shape index (κ1) is 63.8. The highest BCUT2D eigenvalue weighted by Crippen LogP contribution is 2.44. The summed E-state index contributed by atoms with van der Waals surface area (Å²) in [5.74, 6) is 0.402. The Kier molecular flexibility index (Phi) is 14.7. The molecule has 15 aromatic carbocycles. The molecule has 0 aliphatic heterocycles. The predicted octanol–water partition coefficient (Wildman–Crippen LogP) is 26.6. The lowest BCUT2D eigenvalue weighted by molar-refractivity contribution is -0.143. The summed E-state index contributed by atoms with van der Waals surface area (Å²) in [4.78, 5) is 10.5. The highest BCUT2D eigenvalue weighted by atomic mass is 19.4. The monoisotopic (exact) mass is 1410 g/mol. The topological polar surface area (TPSA) is 45.5 Å². The van der Waals surface area contributed by atoms with Gasteiger partial charge in [0.05, 0.1) is 66.6 Å². The lowest BCUT2D eigenvalue weighted by atomic mass is 9.97. The molecule has 0 bridgehead atoms. The molecule has 20 rings (SSSR count). The van der Waals surface area contributed by atoms with Gasteiger partial charge in [0.2, 0.25) is 0 Å². The highest BCUT2D eigenvalue weighted by molar-refractivity contribution is 6.15. The lowest BCUT2D eigenvalue weighted by Crippen LogP contribution is -2.11. The molecule has 12 heteroatoms. The van der Waals surface area contributed by atoms with E-state index in [-0.39, 0.29) is 17.2 Å². The number of rotatable bonds is 11. The van der Waals surface area contributed by atoms with E-state index < -0.39 is 23.5 Å². The number of benzene rings is 15. The molecular weight excluding hydrogens is 1350 g/mol. The van der Waals surface area contributed by atoms with Gasteiger partial charge in [0.25, 0.3) is 0 Å². The van der Waals surface area contributed by atoms with Crippen LogP contribution in [0.5, 0.6) is 0 Å². The van der Waals surface area contributed by atoms with Gasteiger partial charge in [0, 0.05) is 82.5 Å². The van der Waals surface area contributed by atoms with Crippen LogP contribution in [0.3, 0.4) is 0 Å². The number of para-hydroxylation sites is 6. The van der Waals surface area contributed by atoms with Gasteiger partial charge in [-0.1, -0.05) is 206 Å². The van der Waals surface area contributed by atoms with E-state index in [2.05, 4.69) is 279 Å². The lowest BCUT2D eigenvalue weighted by Gasteiger charge is -2.15. The first-order valence-corrected chi connectivity index (χ1v) is 35.6. The molecule has 514 valence electrons. The zero-order valence-electron chi connectivity index (χ0n) is 57.4. The van der Waals surface area contributed by atoms with Gasteiger partial charge in [-0.15, -0.1) is 0 Å². The number of hydrogen-bond donors (Lipinski definition) is 0. The molecule has 0 aliphatic carbocycles. The zero-order chi connectivity index (χ0) is 72.5. The Labute approximate surface area is 614 Å². The number of fused-ring (bicyclic) bond motifs is 12. The van der Waals surface area contributed by atoms with Crippen LogP contribution in [0.25, 0.3) is 188 Å². The van der Waals surface area contributed by atoms with Gasteiger partial charge in [-0.3, -0.25) is 0 Å². The Morgan fingerprint density at radius 3 is 0.843 bits per heavy atom. The van der Waals surface area contributed by atoms with Crippen molar-refractivity contribution in [1.29, 1.82) is 0 Å². The van der Waals surface area contributed by atoms with Gasteiger partial charge in [-0.25, -0.2) is 9.97 Å². The third-order valence-electron chi connectivity index (χ3n) is 21.2. The molecule has 0 aliphatic rings. The van der Waals surface area contributed by atoms with Crippen molar-refractivity contribution in [3.63, 3.8) is 0 Å². The van der Waals surface area contributed by atoms with Crippen LogP contribution in [0.15, 0.2) is 352 Å². The second-order valence-electron chi connectivity index (χ2n) is 27.5. The number of nitrogens with zero attached hydrogens (tertiary/aromatic N) is 6. The molecule has 0 unspecified atom stereocenters. The van der Waals surface area contributed by atoms with Crippen LogP contribution < -0.4 is 0 Å². The van der Waals surface area contributed by atoms with Crippen LogP contribution in [0.1, 0.15) is 11.1 Å². The van der Waals surface area contributed by atoms with Crippen molar-refractivity contribution in [2.24, 2.45) is 0 Å². The minimum absolute atomic E-state index is 0.141. The molecule has 5 heterocycles. The maximum atomic E-state index is 14.1. The van der Waals surface area contributed by atoms with Crippen molar-refractivity contribution in [3.8, 4) is 101 Å². The summed E-state index contributed by atoms with van der Waals surface area (Å²) in [6.45, 7) is 0. The number of aromatic nitrogens is 6. The van der Waals surface area contributed by atoms with Crippen molar-refractivity contribution >= 4 is 87.2 Å². The summed E-state index contributed by atoms with van der Waals surface area (Å²) >= 11 is 0. The first-order chi connectivity index (χ1) is 52.8. The quantitative estimate of drug-likeness (QED) is 0.121. The van der Waals surface area contributed by atoms with Gasteiger partial charge < -0.3 is 18.3 Å². The SMILES string of the molecule is FC(F)(F)c1cc(-c2ccc(-c3cc(-c4ccc(-c5ccc(-n6c7ccccc7c7cc(-c8ccc9c(c8)c8ccccc8n9-c8ccccc8)ccc76)cc5)cc4)nc(-c4cccc(-n5c6ccccc6c6cc(-c7ccc8c(c7)c7ccccc7n8-c7ccccc7)ccc65)c4)n3)cc2)cc(C(F)(F)F)c1. The average molecular weight is 1410 g/mol. The van der Waals surface area contributed by atoms with E-state index in [1.54, 1.807) is 12.1 Å². The van der Waals surface area contributed by atoms with Crippen molar-refractivity contribution in [2.75, 3.05) is 0 Å². The second-order valence-corrected chi connectivity index (χ2v) is 27.5. The Hall–Kier alpha value is -13.8. The molecule has 20 aromatic rings. The fraction of sp³-hybridized carbons (Fsp3) is 0.0208. The predicted molar refractivity (Wildman–Crippen MR) is 427 cm³/mol. The Bertz CT molecular complexity index is 6950. The molecule has 0 N–H and O–H groups in total. The molecule has 6 nitrogen and oxygen atoms in total. The van der Waals surface area contributed by atoms with Crippen molar-refractivity contribution in [3.05, 3.63) is 363 Å². The van der Waals surface area contributed by atoms with Crippen LogP contribution >= 0.6 is 0 Å². The van der Waals surface area contributed by atoms with Crippen LogP contribution in [-0.2, 0) is 12.4 Å². The number of halogens is 6. The Morgan fingerprint density at radius 1 is 0.185 bits per heavy atom. The van der Waals surface area contributed by atoms with Gasteiger partial charge in [-0.05, 0) is 190 Å². The summed E-state index contributed by atoms with van der Waals surface area (Å²) in [6.07, 6.45) is -10.0. The number of hydrogen-bond acceptors (Lipinski definition) is 2. The molecule has 5 aromatic heterocycles. The van der Waals surface area contributed by atoms with E-state index in [1.165, 1.54) is 28.3 Å². The van der Waals surface area contributed by atoms with Crippen molar-refractivity contribution in [2.45, 2.75) is 12.4 Å². The molecule has 0 atom stereocenters. The summed E-state index contributed by atoms with van der Waals surface area (Å²) < 4.78 is 94.0. The summed E-state index contributed by atoms with van der Waals surface area (Å²) in [6, 6.07) is 117. The standard InChI is InChI=1S/C96H58F6N6/c97-95(98,99)70-50-69(51-71(57-70)96(100,101)102)61-32-36-63(37-33-61)85-58-84(103-94(104-85)68-16-15-21-75(52-68)108-89-29-14-10-25-79(89)83-56-67(43-49-93(83)108)65-41-47-91-81(54-65)77-23-8-12-27-87(77)106(91)73-19-5-2-6-20-73)62-34-30-59(31-35-62)60-38-44-74(45-39-60)107-88-28-13-9-24-78(88)82-55-66(42-48-92(82)107)64-40-46-90-80(53-64)76-22-7-11-26-86(76)105(90)72-17-3-1-4-18-72/h1-58H. The minimum atomic E-state index is -5.01. The summed E-state index contributed by atoms with van der Waals surface area (Å²) in [5, 5.41) is 9.21. The summed E-state index contributed by atoms with van der Waals surface area (Å²) in [5.41, 5.74) is 19.7. The van der Waals surface area contributed by atoms with Crippen LogP contribution in [-0.4, -0.2) is 28.2 Å². The van der Waals surface area contributed by atoms with Crippen LogP contribution in [0.4, 0.5) is 26.3 Å². The Balaban J connectivity index is 0.647. The van der Waals surface area contributed by atoms with Crippen molar-refractivity contribution < 1.29 is 26.3 Å². The molecule has 0 saturated carbocycles. The maximum absolute atomic E-state index is 14.1. The van der Waals surface area contributed by atoms with Gasteiger partial charge in [0.1, 0.15) is 0 Å². The largest absolute Gasteiger partial charge is 0.416 e. The molecule has 108 heavy (non-hydrogen) atoms. The van der Waals surface area contributed by atoms with Gasteiger partial charge in [0.15, 0.2) is 5.82 Å². The normalized spacial score (nSPS) is 12.2. The fourth-order valence-electron chi connectivity index (χ4n) is 16.1. The van der Waals surface area contributed by atoms with Crippen molar-refractivity contribution in [1.82, 2.24) is 28.2 Å². The van der Waals surface area contributed by atoms with Gasteiger partial charge >= 0.3 is 12.4 Å². The summed E-state index contributed by atoms with van der Waals surface area (Å²) in [7, 11) is 0. The van der Waals surface area contributed by atoms with Gasteiger partial charge in [-0.2, -0.15) is 26.3 Å². The molecule has 0 amide bonds. The van der Waals surface area contributed by atoms with E-state index in [1.807, 2.05) is 48.5 Å². The average Bonchev–Trinajstić information content (AvgIpc) is 1.59. The van der Waals surface area contributed by atoms with E-state index in [0.29, 0.717) is 28.3 Å². The first-order valence-electron chi connectivity index (χ1n) is 35.6. The smallest absolute Gasteiger partial charge is 0.309 e. The molecular formula is C96H58F6N6. The van der Waals surface area contributed by atoms with Crippen LogP contribution in [0, 0.1) is 0 Å². The number of alkyl halides is 6.